The Hall–Kier alpha value is -3.09. The summed E-state index contributed by atoms with van der Waals surface area (Å²) in [6.07, 6.45) is 3.63. The Morgan fingerprint density at radius 1 is 1.14 bits per heavy atom. The molecule has 1 fully saturated rings. The lowest BCUT2D eigenvalue weighted by Crippen LogP contribution is -2.39. The summed E-state index contributed by atoms with van der Waals surface area (Å²) in [5, 5.41) is 2.78. The van der Waals surface area contributed by atoms with Crippen molar-refractivity contribution in [3.63, 3.8) is 0 Å². The van der Waals surface area contributed by atoms with Gasteiger partial charge in [0.05, 0.1) is 14.2 Å². The van der Waals surface area contributed by atoms with Gasteiger partial charge in [-0.3, -0.25) is 14.6 Å². The highest BCUT2D eigenvalue weighted by Gasteiger charge is 2.23. The molecule has 7 nitrogen and oxygen atoms in total. The number of rotatable bonds is 5. The Morgan fingerprint density at radius 2 is 1.93 bits per heavy atom. The van der Waals surface area contributed by atoms with Crippen LogP contribution in [-0.2, 0) is 0 Å². The summed E-state index contributed by atoms with van der Waals surface area (Å²) in [4.78, 5) is 31.3. The maximum Gasteiger partial charge on any atom is 0.274 e. The molecule has 1 aromatic heterocycles. The second-order valence-corrected chi connectivity index (χ2v) is 6.95. The molecule has 1 unspecified atom stereocenters. The van der Waals surface area contributed by atoms with Crippen molar-refractivity contribution in [2.24, 2.45) is 5.92 Å². The molecule has 2 amide bonds. The fraction of sp³-hybridized carbons (Fsp3) is 0.381. The minimum atomic E-state index is -0.395. The molecule has 1 aromatic carbocycles. The van der Waals surface area contributed by atoms with Crippen LogP contribution in [0.4, 0.5) is 5.69 Å². The molecule has 7 heteroatoms. The first-order valence-corrected chi connectivity index (χ1v) is 9.30. The van der Waals surface area contributed by atoms with Gasteiger partial charge in [0.2, 0.25) is 0 Å². The minimum Gasteiger partial charge on any atom is -0.493 e. The Balaban J connectivity index is 1.74. The fourth-order valence-electron chi connectivity index (χ4n) is 3.35. The zero-order valence-corrected chi connectivity index (χ0v) is 16.4. The van der Waals surface area contributed by atoms with Crippen molar-refractivity contribution in [2.75, 3.05) is 32.6 Å². The van der Waals surface area contributed by atoms with E-state index in [-0.39, 0.29) is 11.6 Å². The average Bonchev–Trinajstić information content (AvgIpc) is 2.73. The van der Waals surface area contributed by atoms with Crippen LogP contribution in [0.15, 0.2) is 36.5 Å². The highest BCUT2D eigenvalue weighted by molar-refractivity contribution is 6.04. The molecule has 3 rings (SSSR count). The summed E-state index contributed by atoms with van der Waals surface area (Å²) in [6, 6.07) is 8.27. The van der Waals surface area contributed by atoms with Crippen molar-refractivity contribution in [1.29, 1.82) is 0 Å². The van der Waals surface area contributed by atoms with E-state index >= 15 is 0 Å². The predicted molar refractivity (Wildman–Crippen MR) is 106 cm³/mol. The van der Waals surface area contributed by atoms with E-state index < -0.39 is 5.91 Å². The van der Waals surface area contributed by atoms with Gasteiger partial charge in [-0.1, -0.05) is 6.92 Å². The van der Waals surface area contributed by atoms with Gasteiger partial charge in [0, 0.05) is 36.6 Å². The molecule has 0 bridgehead atoms. The van der Waals surface area contributed by atoms with Crippen LogP contribution in [0.25, 0.3) is 0 Å². The molecule has 0 saturated carbocycles. The summed E-state index contributed by atoms with van der Waals surface area (Å²) >= 11 is 0. The number of benzene rings is 1. The molecule has 0 radical (unpaired) electrons. The lowest BCUT2D eigenvalue weighted by Gasteiger charge is -2.31. The van der Waals surface area contributed by atoms with E-state index in [4.69, 9.17) is 9.47 Å². The van der Waals surface area contributed by atoms with Gasteiger partial charge in [0.25, 0.3) is 11.8 Å². The highest BCUT2D eigenvalue weighted by atomic mass is 16.5. The molecule has 1 aliphatic rings. The summed E-state index contributed by atoms with van der Waals surface area (Å²) in [5.41, 5.74) is 1.21. The lowest BCUT2D eigenvalue weighted by atomic mass is 9.99. The molecular formula is C21H25N3O4. The summed E-state index contributed by atoms with van der Waals surface area (Å²) in [5.74, 6) is 1.12. The zero-order valence-electron chi connectivity index (χ0n) is 16.4. The number of carbonyl (C=O) groups excluding carboxylic acids is 2. The molecule has 1 aliphatic heterocycles. The van der Waals surface area contributed by atoms with Crippen LogP contribution in [0, 0.1) is 5.92 Å². The van der Waals surface area contributed by atoms with Crippen molar-refractivity contribution in [3.05, 3.63) is 47.8 Å². The second-order valence-electron chi connectivity index (χ2n) is 6.95. The maximum atomic E-state index is 12.8. The van der Waals surface area contributed by atoms with Gasteiger partial charge in [-0.15, -0.1) is 0 Å². The highest BCUT2D eigenvalue weighted by Crippen LogP contribution is 2.29. The van der Waals surface area contributed by atoms with Crippen molar-refractivity contribution in [2.45, 2.75) is 19.8 Å². The molecule has 0 aliphatic carbocycles. The predicted octanol–water partition coefficient (Wildman–Crippen LogP) is 3.22. The van der Waals surface area contributed by atoms with Crippen molar-refractivity contribution >= 4 is 17.5 Å². The molecule has 28 heavy (non-hydrogen) atoms. The van der Waals surface area contributed by atoms with Gasteiger partial charge < -0.3 is 19.7 Å². The number of nitrogens with zero attached hydrogens (tertiary/aromatic N) is 2. The maximum absolute atomic E-state index is 12.8. The fourth-order valence-corrected chi connectivity index (χ4v) is 3.35. The van der Waals surface area contributed by atoms with Crippen molar-refractivity contribution in [3.8, 4) is 11.5 Å². The van der Waals surface area contributed by atoms with Crippen LogP contribution in [0.1, 0.15) is 40.6 Å². The Bertz CT molecular complexity index is 868. The number of hydrogen-bond donors (Lipinski definition) is 1. The van der Waals surface area contributed by atoms with Crippen LogP contribution in [0.2, 0.25) is 0 Å². The van der Waals surface area contributed by atoms with E-state index in [2.05, 4.69) is 17.2 Å². The normalized spacial score (nSPS) is 16.4. The number of hydrogen-bond acceptors (Lipinski definition) is 5. The number of piperidine rings is 1. The van der Waals surface area contributed by atoms with Crippen LogP contribution in [0.3, 0.4) is 0 Å². The Labute approximate surface area is 164 Å². The van der Waals surface area contributed by atoms with Crippen LogP contribution in [0.5, 0.6) is 11.5 Å². The smallest absolute Gasteiger partial charge is 0.274 e. The summed E-state index contributed by atoms with van der Waals surface area (Å²) < 4.78 is 10.4. The first-order valence-electron chi connectivity index (χ1n) is 9.30. The lowest BCUT2D eigenvalue weighted by molar-refractivity contribution is 0.0683. The van der Waals surface area contributed by atoms with Gasteiger partial charge in [0.15, 0.2) is 11.5 Å². The van der Waals surface area contributed by atoms with E-state index in [1.807, 2.05) is 4.90 Å². The number of likely N-dealkylation sites (tertiary alicyclic amines) is 1. The molecule has 0 spiro atoms. The van der Waals surface area contributed by atoms with E-state index in [0.29, 0.717) is 28.7 Å². The number of carbonyl (C=O) groups is 2. The second kappa shape index (κ2) is 8.73. The largest absolute Gasteiger partial charge is 0.493 e. The average molecular weight is 383 g/mol. The van der Waals surface area contributed by atoms with Gasteiger partial charge in [-0.25, -0.2) is 0 Å². The molecule has 1 atom stereocenters. The van der Waals surface area contributed by atoms with E-state index in [9.17, 15) is 9.59 Å². The first-order chi connectivity index (χ1) is 13.5. The third-order valence-corrected chi connectivity index (χ3v) is 4.83. The Morgan fingerprint density at radius 3 is 2.64 bits per heavy atom. The van der Waals surface area contributed by atoms with E-state index in [0.717, 1.165) is 25.9 Å². The third-order valence-electron chi connectivity index (χ3n) is 4.83. The number of amides is 2. The van der Waals surface area contributed by atoms with Gasteiger partial charge in [-0.2, -0.15) is 0 Å². The number of nitrogens with one attached hydrogen (secondary N) is 1. The molecule has 148 valence electrons. The summed E-state index contributed by atoms with van der Waals surface area (Å²) in [6.45, 7) is 3.64. The van der Waals surface area contributed by atoms with Gasteiger partial charge >= 0.3 is 0 Å². The topological polar surface area (TPSA) is 80.8 Å². The van der Waals surface area contributed by atoms with E-state index in [1.165, 1.54) is 19.4 Å². The zero-order chi connectivity index (χ0) is 20.1. The quantitative estimate of drug-likeness (QED) is 0.857. The number of aromatic nitrogens is 1. The van der Waals surface area contributed by atoms with Crippen LogP contribution in [-0.4, -0.2) is 49.0 Å². The number of anilines is 1. The van der Waals surface area contributed by atoms with Crippen LogP contribution >= 0.6 is 0 Å². The number of pyridine rings is 1. The summed E-state index contributed by atoms with van der Waals surface area (Å²) in [7, 11) is 3.08. The van der Waals surface area contributed by atoms with Crippen molar-refractivity contribution < 1.29 is 19.1 Å². The Kier molecular flexibility index (Phi) is 6.13. The molecule has 2 aromatic rings. The standard InChI is InChI=1S/C21H25N3O4/c1-14-5-4-10-24(13-14)21(26)15-8-9-22-17(11-15)20(25)23-16-6-7-18(27-2)19(12-16)28-3/h6-9,11-12,14H,4-5,10,13H2,1-3H3,(H,23,25). The molecule has 1 saturated heterocycles. The number of methoxy groups -OCH3 is 2. The van der Waals surface area contributed by atoms with E-state index in [1.54, 1.807) is 31.4 Å². The number of ether oxygens (including phenoxy) is 2. The molecular weight excluding hydrogens is 358 g/mol. The molecule has 2 heterocycles. The molecule has 1 N–H and O–H groups in total. The van der Waals surface area contributed by atoms with Gasteiger partial charge in [-0.05, 0) is 43.0 Å². The third kappa shape index (κ3) is 4.42. The minimum absolute atomic E-state index is 0.0610. The SMILES string of the molecule is COc1ccc(NC(=O)c2cc(C(=O)N3CCCC(C)C3)ccn2)cc1OC. The van der Waals surface area contributed by atoms with Gasteiger partial charge in [0.1, 0.15) is 5.69 Å². The van der Waals surface area contributed by atoms with Crippen LogP contribution < -0.4 is 14.8 Å². The first kappa shape index (κ1) is 19.7. The van der Waals surface area contributed by atoms with Crippen molar-refractivity contribution in [1.82, 2.24) is 9.88 Å². The monoisotopic (exact) mass is 383 g/mol.